The third-order valence-corrected chi connectivity index (χ3v) is 2.84. The number of carbonyl (C=O) groups is 2. The molecule has 0 heterocycles. The predicted octanol–water partition coefficient (Wildman–Crippen LogP) is 2.91. The molecular formula is C13H15ClO3. The lowest BCUT2D eigenvalue weighted by molar-refractivity contribution is -0.148. The molecular weight excluding hydrogens is 240 g/mol. The minimum atomic E-state index is -0.732. The number of hydrogen-bond donors (Lipinski definition) is 0. The Balaban J connectivity index is 2.99. The van der Waals surface area contributed by atoms with E-state index in [1.807, 2.05) is 0 Å². The summed E-state index contributed by atoms with van der Waals surface area (Å²) in [7, 11) is 0. The minimum absolute atomic E-state index is 0.287. The van der Waals surface area contributed by atoms with Crippen LogP contribution in [0.25, 0.3) is 0 Å². The van der Waals surface area contributed by atoms with Crippen LogP contribution in [0.5, 0.6) is 0 Å². The van der Waals surface area contributed by atoms with Crippen molar-refractivity contribution in [3.05, 3.63) is 35.4 Å². The summed E-state index contributed by atoms with van der Waals surface area (Å²) < 4.78 is 5.01. The molecule has 4 heteroatoms. The summed E-state index contributed by atoms with van der Waals surface area (Å²) in [5.41, 5.74) is 0.469. The molecule has 0 saturated heterocycles. The zero-order chi connectivity index (χ0) is 13.1. The van der Waals surface area contributed by atoms with Crippen LogP contribution in [0.15, 0.2) is 24.3 Å². The van der Waals surface area contributed by atoms with E-state index >= 15 is 0 Å². The van der Waals surface area contributed by atoms with E-state index in [0.717, 1.165) is 5.56 Å². The molecule has 0 radical (unpaired) electrons. The van der Waals surface area contributed by atoms with Crippen molar-refractivity contribution in [2.45, 2.75) is 26.2 Å². The summed E-state index contributed by atoms with van der Waals surface area (Å²) in [5, 5.41) is -0.509. The molecule has 0 spiro atoms. The molecule has 1 rings (SSSR count). The highest BCUT2D eigenvalue weighted by atomic mass is 35.5. The third kappa shape index (κ3) is 3.07. The topological polar surface area (TPSA) is 43.4 Å². The fraction of sp³-hybridized carbons (Fsp3) is 0.385. The summed E-state index contributed by atoms with van der Waals surface area (Å²) in [5.74, 6) is -0.287. The second-order valence-corrected chi connectivity index (χ2v) is 4.54. The van der Waals surface area contributed by atoms with Gasteiger partial charge in [0.05, 0.1) is 12.0 Å². The third-order valence-electron chi connectivity index (χ3n) is 2.62. The molecule has 0 amide bonds. The Bertz CT molecular complexity index is 421. The van der Waals surface area contributed by atoms with Gasteiger partial charge < -0.3 is 4.74 Å². The summed E-state index contributed by atoms with van der Waals surface area (Å²) in [6.45, 7) is 5.68. The molecule has 1 aromatic rings. The van der Waals surface area contributed by atoms with Gasteiger partial charge in [0.25, 0.3) is 5.24 Å². The van der Waals surface area contributed by atoms with Crippen LogP contribution in [0, 0.1) is 0 Å². The highest BCUT2D eigenvalue weighted by Crippen LogP contribution is 2.25. The van der Waals surface area contributed by atoms with E-state index in [9.17, 15) is 9.59 Å². The Labute approximate surface area is 106 Å². The van der Waals surface area contributed by atoms with E-state index in [4.69, 9.17) is 16.3 Å². The van der Waals surface area contributed by atoms with Crippen LogP contribution in [0.3, 0.4) is 0 Å². The number of hydrogen-bond acceptors (Lipinski definition) is 3. The molecule has 3 nitrogen and oxygen atoms in total. The van der Waals surface area contributed by atoms with Gasteiger partial charge in [-0.05, 0) is 50.1 Å². The number of benzene rings is 1. The lowest BCUT2D eigenvalue weighted by Crippen LogP contribution is -2.31. The van der Waals surface area contributed by atoms with Crippen molar-refractivity contribution in [2.75, 3.05) is 6.61 Å². The number of esters is 1. The quantitative estimate of drug-likeness (QED) is 0.613. The average Bonchev–Trinajstić information content (AvgIpc) is 2.29. The standard InChI is InChI=1S/C13H15ClO3/c1-4-17-12(16)13(2,3)10-7-5-9(6-8-10)11(14)15/h5-8H,4H2,1-3H3. The Kier molecular flexibility index (Phi) is 4.29. The molecule has 0 aliphatic carbocycles. The van der Waals surface area contributed by atoms with Gasteiger partial charge >= 0.3 is 5.97 Å². The largest absolute Gasteiger partial charge is 0.465 e. The first-order valence-corrected chi connectivity index (χ1v) is 5.75. The summed E-state index contributed by atoms with van der Waals surface area (Å²) in [6, 6.07) is 6.64. The van der Waals surface area contributed by atoms with Crippen molar-refractivity contribution >= 4 is 22.8 Å². The molecule has 0 saturated carbocycles. The number of rotatable bonds is 4. The van der Waals surface area contributed by atoms with Crippen molar-refractivity contribution in [1.82, 2.24) is 0 Å². The molecule has 1 aromatic carbocycles. The van der Waals surface area contributed by atoms with E-state index in [0.29, 0.717) is 12.2 Å². The van der Waals surface area contributed by atoms with Crippen LogP contribution in [-0.4, -0.2) is 17.8 Å². The van der Waals surface area contributed by atoms with Crippen molar-refractivity contribution in [3.63, 3.8) is 0 Å². The zero-order valence-corrected chi connectivity index (χ0v) is 10.9. The molecule has 17 heavy (non-hydrogen) atoms. The first-order chi connectivity index (χ1) is 7.89. The van der Waals surface area contributed by atoms with Gasteiger partial charge in [-0.2, -0.15) is 0 Å². The van der Waals surface area contributed by atoms with E-state index in [2.05, 4.69) is 0 Å². The van der Waals surface area contributed by atoms with Crippen LogP contribution in [0.2, 0.25) is 0 Å². The first kappa shape index (κ1) is 13.7. The highest BCUT2D eigenvalue weighted by molar-refractivity contribution is 6.67. The minimum Gasteiger partial charge on any atom is -0.465 e. The van der Waals surface area contributed by atoms with Crippen molar-refractivity contribution in [1.29, 1.82) is 0 Å². The summed E-state index contributed by atoms with van der Waals surface area (Å²) >= 11 is 5.35. The number of halogens is 1. The molecule has 0 atom stereocenters. The van der Waals surface area contributed by atoms with Crippen LogP contribution in [-0.2, 0) is 14.9 Å². The highest BCUT2D eigenvalue weighted by Gasteiger charge is 2.31. The predicted molar refractivity (Wildman–Crippen MR) is 66.3 cm³/mol. The smallest absolute Gasteiger partial charge is 0.315 e. The molecule has 0 aliphatic rings. The number of carbonyl (C=O) groups excluding carboxylic acids is 2. The Morgan fingerprint density at radius 1 is 1.24 bits per heavy atom. The second kappa shape index (κ2) is 5.32. The van der Waals surface area contributed by atoms with Gasteiger partial charge in [-0.1, -0.05) is 12.1 Å². The van der Waals surface area contributed by atoms with Crippen LogP contribution >= 0.6 is 11.6 Å². The van der Waals surface area contributed by atoms with Crippen molar-refractivity contribution < 1.29 is 14.3 Å². The summed E-state index contributed by atoms with van der Waals surface area (Å²) in [6.07, 6.45) is 0. The Morgan fingerprint density at radius 2 is 1.76 bits per heavy atom. The summed E-state index contributed by atoms with van der Waals surface area (Å²) in [4.78, 5) is 22.7. The molecule has 0 fully saturated rings. The second-order valence-electron chi connectivity index (χ2n) is 4.20. The van der Waals surface area contributed by atoms with Gasteiger partial charge in [0, 0.05) is 5.56 Å². The first-order valence-electron chi connectivity index (χ1n) is 5.37. The monoisotopic (exact) mass is 254 g/mol. The van der Waals surface area contributed by atoms with Crippen LogP contribution in [0.1, 0.15) is 36.7 Å². The molecule has 0 aliphatic heterocycles. The van der Waals surface area contributed by atoms with Crippen molar-refractivity contribution in [2.24, 2.45) is 0 Å². The Hall–Kier alpha value is -1.35. The SMILES string of the molecule is CCOC(=O)C(C)(C)c1ccc(C(=O)Cl)cc1. The fourth-order valence-corrected chi connectivity index (χ4v) is 1.57. The number of ether oxygens (including phenoxy) is 1. The normalized spacial score (nSPS) is 11.1. The Morgan fingerprint density at radius 3 is 2.18 bits per heavy atom. The lowest BCUT2D eigenvalue weighted by Gasteiger charge is -2.22. The van der Waals surface area contributed by atoms with Crippen LogP contribution < -0.4 is 0 Å². The lowest BCUT2D eigenvalue weighted by atomic mass is 9.84. The van der Waals surface area contributed by atoms with Crippen molar-refractivity contribution in [3.8, 4) is 0 Å². The molecule has 0 N–H and O–H groups in total. The van der Waals surface area contributed by atoms with Gasteiger partial charge in [-0.3, -0.25) is 9.59 Å². The zero-order valence-electron chi connectivity index (χ0n) is 10.1. The molecule has 0 aromatic heterocycles. The van der Waals surface area contributed by atoms with E-state index in [1.165, 1.54) is 0 Å². The van der Waals surface area contributed by atoms with E-state index in [-0.39, 0.29) is 5.97 Å². The van der Waals surface area contributed by atoms with Crippen LogP contribution in [0.4, 0.5) is 0 Å². The molecule has 92 valence electrons. The maximum atomic E-state index is 11.8. The maximum absolute atomic E-state index is 11.8. The van der Waals surface area contributed by atoms with Gasteiger partial charge in [-0.15, -0.1) is 0 Å². The fourth-order valence-electron chi connectivity index (χ4n) is 1.45. The molecule has 0 unspecified atom stereocenters. The van der Waals surface area contributed by atoms with Gasteiger partial charge in [0.15, 0.2) is 0 Å². The van der Waals surface area contributed by atoms with E-state index in [1.54, 1.807) is 45.0 Å². The average molecular weight is 255 g/mol. The van der Waals surface area contributed by atoms with Gasteiger partial charge in [0.1, 0.15) is 0 Å². The molecule has 0 bridgehead atoms. The van der Waals surface area contributed by atoms with E-state index < -0.39 is 10.7 Å². The van der Waals surface area contributed by atoms with Gasteiger partial charge in [0.2, 0.25) is 0 Å². The maximum Gasteiger partial charge on any atom is 0.315 e. The van der Waals surface area contributed by atoms with Gasteiger partial charge in [-0.25, -0.2) is 0 Å².